The number of nitrogens with two attached hydrogens (primary N) is 1. The van der Waals surface area contributed by atoms with E-state index >= 15 is 0 Å². The van der Waals surface area contributed by atoms with Gasteiger partial charge in [0.05, 0.1) is 12.7 Å². The van der Waals surface area contributed by atoms with Crippen LogP contribution in [0, 0.1) is 0 Å². The van der Waals surface area contributed by atoms with Crippen LogP contribution in [0.25, 0.3) is 5.65 Å². The Hall–Kier alpha value is -2.25. The van der Waals surface area contributed by atoms with Crippen LogP contribution in [0.4, 0.5) is 19.0 Å². The molecule has 0 radical (unpaired) electrons. The molecule has 5 nitrogen and oxygen atoms in total. The number of rotatable bonds is 1. The van der Waals surface area contributed by atoms with Crippen molar-refractivity contribution in [3.05, 3.63) is 29.6 Å². The second-order valence-corrected chi connectivity index (χ2v) is 3.48. The van der Waals surface area contributed by atoms with Crippen LogP contribution in [0.15, 0.2) is 18.3 Å². The highest BCUT2D eigenvalue weighted by Gasteiger charge is 2.31. The van der Waals surface area contributed by atoms with Crippen LogP contribution in [0.2, 0.25) is 0 Å². The molecule has 2 aromatic heterocycles. The lowest BCUT2D eigenvalue weighted by atomic mass is 10.2. The minimum Gasteiger partial charge on any atom is -0.464 e. The van der Waals surface area contributed by atoms with Crippen molar-refractivity contribution in [3.63, 3.8) is 0 Å². The van der Waals surface area contributed by atoms with Gasteiger partial charge in [0.1, 0.15) is 11.5 Å². The van der Waals surface area contributed by atoms with Crippen molar-refractivity contribution in [2.75, 3.05) is 12.8 Å². The third-order valence-corrected chi connectivity index (χ3v) is 2.37. The number of esters is 1. The highest BCUT2D eigenvalue weighted by Crippen LogP contribution is 2.30. The molecule has 0 fully saturated rings. The molecule has 0 aromatic carbocycles. The number of alkyl halides is 3. The van der Waals surface area contributed by atoms with Gasteiger partial charge in [-0.25, -0.2) is 9.78 Å². The summed E-state index contributed by atoms with van der Waals surface area (Å²) in [6, 6.07) is 1.66. The molecule has 96 valence electrons. The van der Waals surface area contributed by atoms with E-state index in [1.165, 1.54) is 4.40 Å². The molecule has 2 aromatic rings. The van der Waals surface area contributed by atoms with Crippen molar-refractivity contribution < 1.29 is 22.7 Å². The average molecular weight is 259 g/mol. The van der Waals surface area contributed by atoms with Crippen LogP contribution in [-0.4, -0.2) is 22.5 Å². The Morgan fingerprint density at radius 2 is 2.17 bits per heavy atom. The molecule has 0 bridgehead atoms. The van der Waals surface area contributed by atoms with Gasteiger partial charge >= 0.3 is 12.1 Å². The van der Waals surface area contributed by atoms with E-state index < -0.39 is 17.7 Å². The van der Waals surface area contributed by atoms with E-state index in [2.05, 4.69) is 9.72 Å². The smallest absolute Gasteiger partial charge is 0.416 e. The van der Waals surface area contributed by atoms with Crippen LogP contribution in [0.5, 0.6) is 0 Å². The number of anilines is 1. The Bertz CT molecular complexity index is 619. The standard InChI is InChI=1S/C10H8F3N3O2/c1-18-9(17)7-8(14)16-3-2-5(10(11,12)13)4-6(16)15-7/h2-4H,14H2,1H3. The minimum atomic E-state index is -4.48. The molecule has 0 saturated heterocycles. The second-order valence-electron chi connectivity index (χ2n) is 3.48. The predicted octanol–water partition coefficient (Wildman–Crippen LogP) is 1.72. The second kappa shape index (κ2) is 3.90. The molecule has 2 heterocycles. The molecular formula is C10H8F3N3O2. The SMILES string of the molecule is COC(=O)c1nc2cc(C(F)(F)F)ccn2c1N. The Morgan fingerprint density at radius 3 is 2.72 bits per heavy atom. The normalized spacial score (nSPS) is 11.8. The van der Waals surface area contributed by atoms with Gasteiger partial charge in [0.25, 0.3) is 0 Å². The van der Waals surface area contributed by atoms with Crippen molar-refractivity contribution in [1.82, 2.24) is 9.38 Å². The molecule has 0 aliphatic heterocycles. The van der Waals surface area contributed by atoms with Crippen molar-refractivity contribution >= 4 is 17.4 Å². The number of carbonyl (C=O) groups is 1. The Balaban J connectivity index is 2.62. The predicted molar refractivity (Wildman–Crippen MR) is 55.9 cm³/mol. The summed E-state index contributed by atoms with van der Waals surface area (Å²) >= 11 is 0. The Labute approximate surface area is 99.0 Å². The zero-order chi connectivity index (χ0) is 13.5. The Kier molecular flexibility index (Phi) is 2.64. The van der Waals surface area contributed by atoms with Crippen LogP contribution in [0.3, 0.4) is 0 Å². The summed E-state index contributed by atoms with van der Waals surface area (Å²) in [6.45, 7) is 0. The van der Waals surface area contributed by atoms with Gasteiger partial charge in [0, 0.05) is 6.20 Å². The van der Waals surface area contributed by atoms with Gasteiger partial charge in [-0.3, -0.25) is 4.40 Å². The highest BCUT2D eigenvalue weighted by molar-refractivity contribution is 5.93. The van der Waals surface area contributed by atoms with Crippen molar-refractivity contribution in [2.45, 2.75) is 6.18 Å². The van der Waals surface area contributed by atoms with E-state index in [4.69, 9.17) is 5.73 Å². The van der Waals surface area contributed by atoms with Crippen molar-refractivity contribution in [1.29, 1.82) is 0 Å². The molecule has 2 N–H and O–H groups in total. The number of carbonyl (C=O) groups excluding carboxylic acids is 1. The highest BCUT2D eigenvalue weighted by atomic mass is 19.4. The lowest BCUT2D eigenvalue weighted by Gasteiger charge is -2.06. The zero-order valence-corrected chi connectivity index (χ0v) is 9.15. The van der Waals surface area contributed by atoms with Gasteiger partial charge in [-0.1, -0.05) is 0 Å². The fourth-order valence-corrected chi connectivity index (χ4v) is 1.49. The first-order valence-corrected chi connectivity index (χ1v) is 4.77. The third kappa shape index (κ3) is 1.85. The Morgan fingerprint density at radius 1 is 1.50 bits per heavy atom. The molecule has 8 heteroatoms. The van der Waals surface area contributed by atoms with Gasteiger partial charge in [0.2, 0.25) is 0 Å². The van der Waals surface area contributed by atoms with Gasteiger partial charge in [-0.05, 0) is 12.1 Å². The molecule has 2 rings (SSSR count). The summed E-state index contributed by atoms with van der Waals surface area (Å²) in [5.74, 6) is -0.865. The average Bonchev–Trinajstić information content (AvgIpc) is 2.64. The number of ether oxygens (including phenoxy) is 1. The summed E-state index contributed by atoms with van der Waals surface area (Å²) in [5.41, 5.74) is 4.45. The van der Waals surface area contributed by atoms with Crippen LogP contribution < -0.4 is 5.73 Å². The molecule has 0 atom stereocenters. The summed E-state index contributed by atoms with van der Waals surface area (Å²) in [6.07, 6.45) is -3.37. The number of aromatic nitrogens is 2. The van der Waals surface area contributed by atoms with Crippen molar-refractivity contribution in [2.24, 2.45) is 0 Å². The number of nitrogen functional groups attached to an aromatic ring is 1. The van der Waals surface area contributed by atoms with Crippen LogP contribution >= 0.6 is 0 Å². The number of nitrogens with zero attached hydrogens (tertiary/aromatic N) is 2. The molecule has 0 unspecified atom stereocenters. The summed E-state index contributed by atoms with van der Waals surface area (Å²) in [4.78, 5) is 15.0. The molecule has 0 aliphatic rings. The van der Waals surface area contributed by atoms with E-state index in [9.17, 15) is 18.0 Å². The lowest BCUT2D eigenvalue weighted by molar-refractivity contribution is -0.137. The monoisotopic (exact) mass is 259 g/mol. The van der Waals surface area contributed by atoms with Gasteiger partial charge < -0.3 is 10.5 Å². The number of methoxy groups -OCH3 is 1. The van der Waals surface area contributed by atoms with Crippen LogP contribution in [0.1, 0.15) is 16.1 Å². The van der Waals surface area contributed by atoms with E-state index in [-0.39, 0.29) is 17.2 Å². The fourth-order valence-electron chi connectivity index (χ4n) is 1.49. The van der Waals surface area contributed by atoms with E-state index in [0.29, 0.717) is 0 Å². The van der Waals surface area contributed by atoms with Gasteiger partial charge in [0.15, 0.2) is 5.69 Å². The zero-order valence-electron chi connectivity index (χ0n) is 9.15. The molecule has 0 aliphatic carbocycles. The number of fused-ring (bicyclic) bond motifs is 1. The van der Waals surface area contributed by atoms with E-state index in [1.54, 1.807) is 0 Å². The number of pyridine rings is 1. The van der Waals surface area contributed by atoms with Gasteiger partial charge in [-0.15, -0.1) is 0 Å². The topological polar surface area (TPSA) is 69.6 Å². The third-order valence-electron chi connectivity index (χ3n) is 2.37. The van der Waals surface area contributed by atoms with E-state index in [1.807, 2.05) is 0 Å². The number of hydrogen-bond donors (Lipinski definition) is 1. The summed E-state index contributed by atoms with van der Waals surface area (Å²) in [5, 5.41) is 0. The first kappa shape index (κ1) is 12.2. The largest absolute Gasteiger partial charge is 0.464 e. The fraction of sp³-hybridized carbons (Fsp3) is 0.200. The first-order chi connectivity index (χ1) is 8.34. The first-order valence-electron chi connectivity index (χ1n) is 4.77. The molecule has 0 amide bonds. The molecule has 18 heavy (non-hydrogen) atoms. The lowest BCUT2D eigenvalue weighted by Crippen LogP contribution is -2.06. The van der Waals surface area contributed by atoms with Crippen molar-refractivity contribution in [3.8, 4) is 0 Å². The molecule has 0 saturated carbocycles. The maximum absolute atomic E-state index is 12.5. The summed E-state index contributed by atoms with van der Waals surface area (Å²) in [7, 11) is 1.13. The van der Waals surface area contributed by atoms with Crippen LogP contribution in [-0.2, 0) is 10.9 Å². The number of imidazole rings is 1. The van der Waals surface area contributed by atoms with E-state index in [0.717, 1.165) is 25.4 Å². The van der Waals surface area contributed by atoms with Gasteiger partial charge in [-0.2, -0.15) is 13.2 Å². The minimum absolute atomic E-state index is 0.0643. The molecular weight excluding hydrogens is 251 g/mol. The summed E-state index contributed by atoms with van der Waals surface area (Å²) < 4.78 is 43.1. The number of halogens is 3. The maximum Gasteiger partial charge on any atom is 0.416 e. The molecule has 0 spiro atoms. The maximum atomic E-state index is 12.5. The quantitative estimate of drug-likeness (QED) is 0.792. The number of hydrogen-bond acceptors (Lipinski definition) is 4.